The molecule has 1 rings (SSSR count). The molecule has 64 valence electrons. The van der Waals surface area contributed by atoms with Crippen LogP contribution in [0.2, 0.25) is 0 Å². The van der Waals surface area contributed by atoms with E-state index in [2.05, 4.69) is 5.32 Å². The average molecular weight is 159 g/mol. The average Bonchev–Trinajstić information content (AvgIpc) is 2.33. The number of carbonyl (C=O) groups is 1. The van der Waals surface area contributed by atoms with Gasteiger partial charge in [-0.25, -0.2) is 0 Å². The molecule has 0 aromatic heterocycles. The molecule has 11 heavy (non-hydrogen) atoms. The molecule has 0 bridgehead atoms. The summed E-state index contributed by atoms with van der Waals surface area (Å²) in [5, 5.41) is 22.3. The third-order valence-corrected chi connectivity index (χ3v) is 1.96. The second kappa shape index (κ2) is 3.17. The fraction of sp³-hybridized carbons (Fsp3) is 0.833. The first-order valence-corrected chi connectivity index (χ1v) is 3.48. The van der Waals surface area contributed by atoms with Gasteiger partial charge in [-0.2, -0.15) is 0 Å². The molecule has 1 heterocycles. The van der Waals surface area contributed by atoms with Crippen LogP contribution in [-0.4, -0.2) is 36.3 Å². The Balaban J connectivity index is 2.52. The van der Waals surface area contributed by atoms with Crippen LogP contribution in [0.25, 0.3) is 0 Å². The van der Waals surface area contributed by atoms with Crippen molar-refractivity contribution in [2.45, 2.75) is 12.1 Å². The van der Waals surface area contributed by atoms with E-state index in [4.69, 9.17) is 5.73 Å². The number of β-amino-alcohol motifs (C(OH)–C–C–N with tert-alkyl or cyclic N) is 1. The molecule has 3 atom stereocenters. The molecule has 4 N–H and O–H groups in total. The maximum absolute atomic E-state index is 10.3. The van der Waals surface area contributed by atoms with E-state index in [0.29, 0.717) is 13.1 Å². The summed E-state index contributed by atoms with van der Waals surface area (Å²) in [5.74, 6) is -1.72. The summed E-state index contributed by atoms with van der Waals surface area (Å²) >= 11 is 0. The lowest BCUT2D eigenvalue weighted by molar-refractivity contribution is -0.309. The van der Waals surface area contributed by atoms with Crippen LogP contribution in [0.1, 0.15) is 0 Å². The zero-order chi connectivity index (χ0) is 8.43. The van der Waals surface area contributed by atoms with Gasteiger partial charge < -0.3 is 26.1 Å². The minimum absolute atomic E-state index is 0.408. The van der Waals surface area contributed by atoms with Gasteiger partial charge in [-0.1, -0.05) is 0 Å². The first-order valence-electron chi connectivity index (χ1n) is 3.48. The van der Waals surface area contributed by atoms with Crippen molar-refractivity contribution in [2.24, 2.45) is 11.7 Å². The standard InChI is InChI=1S/C6H12N2O3/c7-5(6(10)11)3-1-8-2-4(3)9/h3-5,8-9H,1-2,7H2,(H,10,11)/p-1/t3-,4+,5-/m1/s1. The molecule has 0 spiro atoms. The maximum atomic E-state index is 10.3. The van der Waals surface area contributed by atoms with Crippen LogP contribution >= 0.6 is 0 Å². The van der Waals surface area contributed by atoms with E-state index >= 15 is 0 Å². The molecule has 0 amide bonds. The number of aliphatic hydroxyl groups is 1. The second-order valence-electron chi connectivity index (χ2n) is 2.73. The highest BCUT2D eigenvalue weighted by molar-refractivity contribution is 5.71. The smallest absolute Gasteiger partial charge is 0.0723 e. The number of carbonyl (C=O) groups excluding carboxylic acids is 1. The van der Waals surface area contributed by atoms with Gasteiger partial charge in [0.05, 0.1) is 18.1 Å². The number of rotatable bonds is 2. The Morgan fingerprint density at radius 3 is 2.73 bits per heavy atom. The van der Waals surface area contributed by atoms with Crippen molar-refractivity contribution in [3.8, 4) is 0 Å². The molecular formula is C6H11N2O3-. The minimum atomic E-state index is -1.31. The normalized spacial score (nSPS) is 33.6. The number of aliphatic hydroxyl groups excluding tert-OH is 1. The predicted molar refractivity (Wildman–Crippen MR) is 35.3 cm³/mol. The maximum Gasteiger partial charge on any atom is 0.0723 e. The summed E-state index contributed by atoms with van der Waals surface area (Å²) in [4.78, 5) is 10.3. The van der Waals surface area contributed by atoms with E-state index in [1.54, 1.807) is 0 Å². The molecule has 1 fully saturated rings. The summed E-state index contributed by atoms with van der Waals surface area (Å²) in [6.45, 7) is 0.849. The van der Waals surface area contributed by atoms with Crippen molar-refractivity contribution in [2.75, 3.05) is 13.1 Å². The van der Waals surface area contributed by atoms with Crippen LogP contribution in [0.15, 0.2) is 0 Å². The number of aliphatic carboxylic acids is 1. The van der Waals surface area contributed by atoms with Gasteiger partial charge in [0, 0.05) is 19.0 Å². The van der Waals surface area contributed by atoms with Gasteiger partial charge in [0.25, 0.3) is 0 Å². The lowest BCUT2D eigenvalue weighted by Crippen LogP contribution is -2.50. The van der Waals surface area contributed by atoms with Gasteiger partial charge >= 0.3 is 0 Å². The highest BCUT2D eigenvalue weighted by atomic mass is 16.4. The van der Waals surface area contributed by atoms with E-state index in [1.807, 2.05) is 0 Å². The van der Waals surface area contributed by atoms with Crippen molar-refractivity contribution in [1.29, 1.82) is 0 Å². The van der Waals surface area contributed by atoms with Crippen LogP contribution in [-0.2, 0) is 4.79 Å². The zero-order valence-corrected chi connectivity index (χ0v) is 5.99. The Morgan fingerprint density at radius 1 is 1.73 bits per heavy atom. The molecule has 0 saturated carbocycles. The minimum Gasteiger partial charge on any atom is -0.548 e. The van der Waals surface area contributed by atoms with E-state index in [9.17, 15) is 15.0 Å². The number of hydrogen-bond acceptors (Lipinski definition) is 5. The van der Waals surface area contributed by atoms with Gasteiger partial charge in [-0.15, -0.1) is 0 Å². The molecule has 1 aliphatic rings. The monoisotopic (exact) mass is 159 g/mol. The third-order valence-electron chi connectivity index (χ3n) is 1.96. The number of carboxylic acids is 1. The SMILES string of the molecule is N[C@@H](C(=O)[O-])[C@@H]1CNC[C@@H]1O. The predicted octanol–water partition coefficient (Wildman–Crippen LogP) is -3.36. The van der Waals surface area contributed by atoms with Gasteiger partial charge in [0.2, 0.25) is 0 Å². The van der Waals surface area contributed by atoms with Crippen LogP contribution in [0.3, 0.4) is 0 Å². The Kier molecular flexibility index (Phi) is 2.43. The molecule has 0 aliphatic carbocycles. The number of hydrogen-bond donors (Lipinski definition) is 3. The van der Waals surface area contributed by atoms with Gasteiger partial charge in [-0.3, -0.25) is 0 Å². The summed E-state index contributed by atoms with van der Waals surface area (Å²) in [5.41, 5.74) is 5.25. The first kappa shape index (κ1) is 8.45. The van der Waals surface area contributed by atoms with Crippen LogP contribution in [0.5, 0.6) is 0 Å². The fourth-order valence-electron chi connectivity index (χ4n) is 1.23. The molecule has 5 heteroatoms. The Morgan fingerprint density at radius 2 is 2.36 bits per heavy atom. The first-order chi connectivity index (χ1) is 5.13. The Hall–Kier alpha value is -0.650. The van der Waals surface area contributed by atoms with Gasteiger partial charge in [-0.05, 0) is 0 Å². The summed E-state index contributed by atoms with van der Waals surface area (Å²) in [6, 6.07) is -1.07. The van der Waals surface area contributed by atoms with E-state index in [0.717, 1.165) is 0 Å². The van der Waals surface area contributed by atoms with E-state index < -0.39 is 24.0 Å². The highest BCUT2D eigenvalue weighted by Crippen LogP contribution is 2.11. The van der Waals surface area contributed by atoms with Crippen LogP contribution in [0, 0.1) is 5.92 Å². The molecule has 1 aliphatic heterocycles. The molecule has 0 radical (unpaired) electrons. The Labute approximate surface area is 64.2 Å². The van der Waals surface area contributed by atoms with Gasteiger partial charge in [0.15, 0.2) is 0 Å². The van der Waals surface area contributed by atoms with Crippen molar-refractivity contribution < 1.29 is 15.0 Å². The third kappa shape index (κ3) is 1.68. The lowest BCUT2D eigenvalue weighted by Gasteiger charge is -2.21. The summed E-state index contributed by atoms with van der Waals surface area (Å²) in [6.07, 6.45) is -0.664. The molecule has 0 aromatic rings. The van der Waals surface area contributed by atoms with Crippen molar-refractivity contribution in [3.05, 3.63) is 0 Å². The molecule has 5 nitrogen and oxygen atoms in total. The summed E-state index contributed by atoms with van der Waals surface area (Å²) in [7, 11) is 0. The van der Waals surface area contributed by atoms with Gasteiger partial charge in [0.1, 0.15) is 0 Å². The number of nitrogens with two attached hydrogens (primary N) is 1. The molecular weight excluding hydrogens is 148 g/mol. The van der Waals surface area contributed by atoms with E-state index in [-0.39, 0.29) is 0 Å². The molecule has 0 unspecified atom stereocenters. The van der Waals surface area contributed by atoms with Crippen LogP contribution < -0.4 is 16.2 Å². The second-order valence-corrected chi connectivity index (χ2v) is 2.73. The van der Waals surface area contributed by atoms with E-state index in [1.165, 1.54) is 0 Å². The van der Waals surface area contributed by atoms with Crippen molar-refractivity contribution in [3.63, 3.8) is 0 Å². The highest BCUT2D eigenvalue weighted by Gasteiger charge is 2.30. The van der Waals surface area contributed by atoms with Crippen molar-refractivity contribution in [1.82, 2.24) is 5.32 Å². The topological polar surface area (TPSA) is 98.4 Å². The zero-order valence-electron chi connectivity index (χ0n) is 5.99. The Bertz CT molecular complexity index is 162. The molecule has 1 saturated heterocycles. The lowest BCUT2D eigenvalue weighted by atomic mass is 9.98. The quantitative estimate of drug-likeness (QED) is 0.391. The largest absolute Gasteiger partial charge is 0.548 e. The fourth-order valence-corrected chi connectivity index (χ4v) is 1.23. The van der Waals surface area contributed by atoms with Crippen molar-refractivity contribution >= 4 is 5.97 Å². The molecule has 0 aromatic carbocycles. The summed E-state index contributed by atoms with van der Waals surface area (Å²) < 4.78 is 0. The number of nitrogens with one attached hydrogen (secondary N) is 1. The number of carboxylic acid groups (broad SMARTS) is 1. The van der Waals surface area contributed by atoms with Crippen LogP contribution in [0.4, 0.5) is 0 Å².